The fourth-order valence-electron chi connectivity index (χ4n) is 2.21. The second kappa shape index (κ2) is 8.58. The van der Waals surface area contributed by atoms with Crippen molar-refractivity contribution in [3.05, 3.63) is 48.0 Å². The molecule has 0 aliphatic carbocycles. The third kappa shape index (κ3) is 5.13. The Morgan fingerprint density at radius 2 is 1.76 bits per heavy atom. The van der Waals surface area contributed by atoms with Gasteiger partial charge in [-0.1, -0.05) is 12.1 Å². The Balaban J connectivity index is 1.84. The number of rotatable bonds is 6. The van der Waals surface area contributed by atoms with Crippen molar-refractivity contribution < 1.29 is 24.2 Å². The summed E-state index contributed by atoms with van der Waals surface area (Å²) < 4.78 is 10.4. The molecule has 2 rings (SSSR count). The van der Waals surface area contributed by atoms with E-state index in [4.69, 9.17) is 9.47 Å². The van der Waals surface area contributed by atoms with Gasteiger partial charge in [-0.3, -0.25) is 9.59 Å². The van der Waals surface area contributed by atoms with E-state index in [-0.39, 0.29) is 5.75 Å². The van der Waals surface area contributed by atoms with Crippen LogP contribution in [-0.2, 0) is 16.0 Å². The van der Waals surface area contributed by atoms with Crippen LogP contribution in [0.1, 0.15) is 5.56 Å². The lowest BCUT2D eigenvalue weighted by atomic mass is 10.1. The average Bonchev–Trinajstić information content (AvgIpc) is 2.61. The van der Waals surface area contributed by atoms with Crippen LogP contribution in [0.3, 0.4) is 0 Å². The third-order valence-electron chi connectivity index (χ3n) is 3.46. The van der Waals surface area contributed by atoms with Gasteiger partial charge in [0.2, 0.25) is 0 Å². The number of carbonyl (C=O) groups excluding carboxylic acids is 2. The number of ether oxygens (including phenoxy) is 2. The highest BCUT2D eigenvalue weighted by Gasteiger charge is 2.13. The Kier molecular flexibility index (Phi) is 6.22. The minimum absolute atomic E-state index is 0.00617. The van der Waals surface area contributed by atoms with Gasteiger partial charge in [-0.05, 0) is 36.2 Å². The van der Waals surface area contributed by atoms with E-state index >= 15 is 0 Å². The number of benzene rings is 2. The van der Waals surface area contributed by atoms with Crippen molar-refractivity contribution in [2.24, 2.45) is 0 Å². The van der Waals surface area contributed by atoms with E-state index in [1.54, 1.807) is 32.4 Å². The molecule has 0 atom stereocenters. The number of carbonyl (C=O) groups is 2. The molecule has 0 radical (unpaired) electrons. The SMILES string of the molecule is COc1ccc(CCNC(=O)C(=O)Nc2cccc(O)c2)cc1OC. The van der Waals surface area contributed by atoms with Gasteiger partial charge in [0.1, 0.15) is 5.75 Å². The lowest BCUT2D eigenvalue weighted by Crippen LogP contribution is -2.36. The average molecular weight is 344 g/mol. The summed E-state index contributed by atoms with van der Waals surface area (Å²) in [6.07, 6.45) is 0.533. The summed E-state index contributed by atoms with van der Waals surface area (Å²) in [5.74, 6) is -0.304. The van der Waals surface area contributed by atoms with E-state index in [9.17, 15) is 14.7 Å². The van der Waals surface area contributed by atoms with Crippen LogP contribution < -0.4 is 20.1 Å². The highest BCUT2D eigenvalue weighted by atomic mass is 16.5. The molecule has 0 unspecified atom stereocenters. The van der Waals surface area contributed by atoms with Crippen molar-refractivity contribution in [2.45, 2.75) is 6.42 Å². The van der Waals surface area contributed by atoms with Gasteiger partial charge in [-0.2, -0.15) is 0 Å². The Morgan fingerprint density at radius 1 is 1.00 bits per heavy atom. The normalized spacial score (nSPS) is 10.0. The van der Waals surface area contributed by atoms with E-state index in [0.29, 0.717) is 30.2 Å². The van der Waals surface area contributed by atoms with Gasteiger partial charge in [-0.15, -0.1) is 0 Å². The summed E-state index contributed by atoms with van der Waals surface area (Å²) in [6, 6.07) is 11.4. The van der Waals surface area contributed by atoms with Crippen molar-refractivity contribution in [1.82, 2.24) is 5.32 Å². The van der Waals surface area contributed by atoms with E-state index in [1.165, 1.54) is 12.1 Å². The second-order valence-corrected chi connectivity index (χ2v) is 5.20. The zero-order valence-corrected chi connectivity index (χ0v) is 14.0. The van der Waals surface area contributed by atoms with Gasteiger partial charge in [-0.25, -0.2) is 0 Å². The standard InChI is InChI=1S/C18H20N2O5/c1-24-15-7-6-12(10-16(15)25-2)8-9-19-17(22)18(23)20-13-4-3-5-14(21)11-13/h3-7,10-11,21H,8-9H2,1-2H3,(H,19,22)(H,20,23). The largest absolute Gasteiger partial charge is 0.508 e. The second-order valence-electron chi connectivity index (χ2n) is 5.20. The van der Waals surface area contributed by atoms with Gasteiger partial charge in [0.15, 0.2) is 11.5 Å². The fraction of sp³-hybridized carbons (Fsp3) is 0.222. The van der Waals surface area contributed by atoms with Gasteiger partial charge < -0.3 is 25.2 Å². The molecule has 2 amide bonds. The minimum atomic E-state index is -0.794. The Hall–Kier alpha value is -3.22. The van der Waals surface area contributed by atoms with Crippen molar-refractivity contribution in [3.63, 3.8) is 0 Å². The van der Waals surface area contributed by atoms with Crippen LogP contribution in [0.5, 0.6) is 17.2 Å². The molecule has 7 heteroatoms. The van der Waals surface area contributed by atoms with Gasteiger partial charge >= 0.3 is 11.8 Å². The van der Waals surface area contributed by atoms with Gasteiger partial charge in [0, 0.05) is 18.3 Å². The molecule has 25 heavy (non-hydrogen) atoms. The van der Waals surface area contributed by atoms with E-state index < -0.39 is 11.8 Å². The first kappa shape index (κ1) is 18.1. The molecule has 0 aromatic heterocycles. The zero-order valence-electron chi connectivity index (χ0n) is 14.0. The maximum Gasteiger partial charge on any atom is 0.313 e. The first-order chi connectivity index (χ1) is 12.0. The number of phenolic OH excluding ortho intramolecular Hbond substituents is 1. The van der Waals surface area contributed by atoms with Crippen molar-refractivity contribution in [3.8, 4) is 17.2 Å². The smallest absolute Gasteiger partial charge is 0.313 e. The van der Waals surface area contributed by atoms with Crippen LogP contribution in [-0.4, -0.2) is 37.7 Å². The number of aromatic hydroxyl groups is 1. The summed E-state index contributed by atoms with van der Waals surface area (Å²) in [5, 5.41) is 14.3. The lowest BCUT2D eigenvalue weighted by Gasteiger charge is -2.10. The maximum absolute atomic E-state index is 11.8. The number of nitrogens with one attached hydrogen (secondary N) is 2. The molecule has 0 heterocycles. The van der Waals surface area contributed by atoms with Crippen molar-refractivity contribution in [2.75, 3.05) is 26.1 Å². The molecular weight excluding hydrogens is 324 g/mol. The molecular formula is C18H20N2O5. The van der Waals surface area contributed by atoms with E-state index in [1.807, 2.05) is 12.1 Å². The van der Waals surface area contributed by atoms with Crippen LogP contribution in [0.4, 0.5) is 5.69 Å². The van der Waals surface area contributed by atoms with Crippen molar-refractivity contribution in [1.29, 1.82) is 0 Å². The molecule has 0 aliphatic heterocycles. The maximum atomic E-state index is 11.8. The molecule has 7 nitrogen and oxygen atoms in total. The summed E-state index contributed by atoms with van der Waals surface area (Å²) in [7, 11) is 3.11. The number of amides is 2. The molecule has 0 spiro atoms. The van der Waals surface area contributed by atoms with Crippen LogP contribution in [0.2, 0.25) is 0 Å². The predicted molar refractivity (Wildman–Crippen MR) is 93.0 cm³/mol. The highest BCUT2D eigenvalue weighted by Crippen LogP contribution is 2.27. The molecule has 132 valence electrons. The Bertz CT molecular complexity index is 761. The van der Waals surface area contributed by atoms with Crippen LogP contribution in [0.25, 0.3) is 0 Å². The number of hydrogen-bond donors (Lipinski definition) is 3. The minimum Gasteiger partial charge on any atom is -0.508 e. The molecule has 0 fully saturated rings. The molecule has 0 saturated carbocycles. The molecule has 0 saturated heterocycles. The number of hydrogen-bond acceptors (Lipinski definition) is 5. The number of anilines is 1. The number of methoxy groups -OCH3 is 2. The summed E-state index contributed by atoms with van der Waals surface area (Å²) in [4.78, 5) is 23.6. The molecule has 2 aromatic rings. The Morgan fingerprint density at radius 3 is 2.44 bits per heavy atom. The summed E-state index contributed by atoms with van der Waals surface area (Å²) in [5.41, 5.74) is 1.28. The van der Waals surface area contributed by atoms with Gasteiger partial charge in [0.05, 0.1) is 14.2 Å². The monoisotopic (exact) mass is 344 g/mol. The fourth-order valence-corrected chi connectivity index (χ4v) is 2.21. The lowest BCUT2D eigenvalue weighted by molar-refractivity contribution is -0.136. The molecule has 2 aromatic carbocycles. The summed E-state index contributed by atoms with van der Waals surface area (Å²) >= 11 is 0. The third-order valence-corrected chi connectivity index (χ3v) is 3.46. The predicted octanol–water partition coefficient (Wildman–Crippen LogP) is 1.71. The van der Waals surface area contributed by atoms with Crippen LogP contribution in [0.15, 0.2) is 42.5 Å². The van der Waals surface area contributed by atoms with E-state index in [2.05, 4.69) is 10.6 Å². The molecule has 0 aliphatic rings. The van der Waals surface area contributed by atoms with Crippen molar-refractivity contribution >= 4 is 17.5 Å². The van der Waals surface area contributed by atoms with Crippen LogP contribution >= 0.6 is 0 Å². The van der Waals surface area contributed by atoms with Crippen LogP contribution in [0, 0.1) is 0 Å². The zero-order chi connectivity index (χ0) is 18.2. The van der Waals surface area contributed by atoms with Gasteiger partial charge in [0.25, 0.3) is 0 Å². The summed E-state index contributed by atoms with van der Waals surface area (Å²) in [6.45, 7) is 0.293. The topological polar surface area (TPSA) is 96.9 Å². The highest BCUT2D eigenvalue weighted by molar-refractivity contribution is 6.39. The number of phenols is 1. The first-order valence-electron chi connectivity index (χ1n) is 7.62. The quantitative estimate of drug-likeness (QED) is 0.693. The first-order valence-corrected chi connectivity index (χ1v) is 7.62. The Labute approximate surface area is 145 Å². The van der Waals surface area contributed by atoms with E-state index in [0.717, 1.165) is 5.56 Å². The molecule has 3 N–H and O–H groups in total. The molecule has 0 bridgehead atoms.